The van der Waals surface area contributed by atoms with E-state index in [4.69, 9.17) is 11.6 Å². The number of benzene rings is 2. The number of hydrogen-bond donors (Lipinski definition) is 2. The highest BCUT2D eigenvalue weighted by molar-refractivity contribution is 7.92. The van der Waals surface area contributed by atoms with E-state index >= 15 is 0 Å². The van der Waals surface area contributed by atoms with Crippen molar-refractivity contribution in [1.82, 2.24) is 5.32 Å². The normalized spacial score (nSPS) is 14.6. The number of nitrogens with one attached hydrogen (secondary N) is 2. The van der Waals surface area contributed by atoms with Crippen LogP contribution in [0, 0.1) is 0 Å². The number of anilines is 2. The lowest BCUT2D eigenvalue weighted by Gasteiger charge is -2.29. The van der Waals surface area contributed by atoms with Crippen molar-refractivity contribution in [3.63, 3.8) is 0 Å². The summed E-state index contributed by atoms with van der Waals surface area (Å²) in [5, 5.41) is 5.40. The Labute approximate surface area is 175 Å². The van der Waals surface area contributed by atoms with Gasteiger partial charge in [-0.25, -0.2) is 8.42 Å². The maximum Gasteiger partial charge on any atom is 0.255 e. The zero-order chi connectivity index (χ0) is 21.2. The number of sulfone groups is 1. The summed E-state index contributed by atoms with van der Waals surface area (Å²) in [4.78, 5) is 26.1. The van der Waals surface area contributed by atoms with Crippen LogP contribution in [-0.4, -0.2) is 45.1 Å². The van der Waals surface area contributed by atoms with Gasteiger partial charge in [0.15, 0.2) is 9.84 Å². The second-order valence-electron chi connectivity index (χ2n) is 7.01. The van der Waals surface area contributed by atoms with E-state index in [-0.39, 0.29) is 23.3 Å². The van der Waals surface area contributed by atoms with E-state index in [1.54, 1.807) is 32.0 Å². The molecule has 0 unspecified atom stereocenters. The quantitative estimate of drug-likeness (QED) is 0.752. The Morgan fingerprint density at radius 3 is 2.45 bits per heavy atom. The smallest absolute Gasteiger partial charge is 0.255 e. The molecule has 9 heteroatoms. The molecule has 1 heterocycles. The molecule has 1 saturated heterocycles. The predicted octanol–water partition coefficient (Wildman–Crippen LogP) is 2.71. The third kappa shape index (κ3) is 4.71. The molecule has 0 atom stereocenters. The van der Waals surface area contributed by atoms with Crippen LogP contribution in [0.4, 0.5) is 11.4 Å². The van der Waals surface area contributed by atoms with Gasteiger partial charge in [0.25, 0.3) is 5.91 Å². The Hall–Kier alpha value is -2.58. The summed E-state index contributed by atoms with van der Waals surface area (Å²) < 4.78 is 24.4. The largest absolute Gasteiger partial charge is 0.359 e. The van der Waals surface area contributed by atoms with Crippen LogP contribution in [0.25, 0.3) is 0 Å². The van der Waals surface area contributed by atoms with Crippen molar-refractivity contribution < 1.29 is 18.0 Å². The van der Waals surface area contributed by atoms with Crippen molar-refractivity contribution >= 4 is 44.6 Å². The van der Waals surface area contributed by atoms with Crippen molar-refractivity contribution in [2.45, 2.75) is 24.0 Å². The molecular weight excluding hydrogens is 414 g/mol. The van der Waals surface area contributed by atoms with Crippen LogP contribution < -0.4 is 15.5 Å². The van der Waals surface area contributed by atoms with Crippen LogP contribution in [0.15, 0.2) is 47.4 Å². The standard InChI is InChI=1S/C20H22ClN3O4S/c1-13(2)29(27,28)16-6-3-14(4-7-16)20(26)23-15-5-8-18(17(21)11-15)24-10-9-22-19(25)12-24/h3-8,11,13H,9-10,12H2,1-2H3,(H,22,25)(H,23,26). The van der Waals surface area contributed by atoms with Crippen LogP contribution in [-0.2, 0) is 14.6 Å². The fraction of sp³-hybridized carbons (Fsp3) is 0.300. The van der Waals surface area contributed by atoms with Crippen LogP contribution in [0.3, 0.4) is 0 Å². The number of amides is 2. The highest BCUT2D eigenvalue weighted by Gasteiger charge is 2.20. The molecule has 0 spiro atoms. The molecule has 2 aromatic rings. The lowest BCUT2D eigenvalue weighted by Crippen LogP contribution is -2.47. The van der Waals surface area contributed by atoms with Crippen LogP contribution >= 0.6 is 11.6 Å². The molecular formula is C20H22ClN3O4S. The van der Waals surface area contributed by atoms with Gasteiger partial charge in [-0.05, 0) is 56.3 Å². The molecule has 1 fully saturated rings. The number of rotatable bonds is 5. The SMILES string of the molecule is CC(C)S(=O)(=O)c1ccc(C(=O)Nc2ccc(N3CCNC(=O)C3)c(Cl)c2)cc1. The van der Waals surface area contributed by atoms with Gasteiger partial charge in [-0.15, -0.1) is 0 Å². The maximum atomic E-state index is 12.5. The highest BCUT2D eigenvalue weighted by atomic mass is 35.5. The molecule has 2 aromatic carbocycles. The van der Waals surface area contributed by atoms with E-state index in [1.165, 1.54) is 24.3 Å². The molecule has 0 bridgehead atoms. The van der Waals surface area contributed by atoms with Gasteiger partial charge in [0, 0.05) is 24.3 Å². The second-order valence-corrected chi connectivity index (χ2v) is 9.92. The zero-order valence-electron chi connectivity index (χ0n) is 16.1. The molecule has 7 nitrogen and oxygen atoms in total. The molecule has 0 radical (unpaired) electrons. The first-order chi connectivity index (χ1) is 13.7. The summed E-state index contributed by atoms with van der Waals surface area (Å²) in [6.45, 7) is 4.66. The highest BCUT2D eigenvalue weighted by Crippen LogP contribution is 2.29. The van der Waals surface area contributed by atoms with Gasteiger partial charge in [0.05, 0.1) is 27.4 Å². The van der Waals surface area contributed by atoms with Gasteiger partial charge in [0.1, 0.15) is 0 Å². The van der Waals surface area contributed by atoms with Crippen molar-refractivity contribution in [2.24, 2.45) is 0 Å². The molecule has 154 valence electrons. The van der Waals surface area contributed by atoms with Crippen LogP contribution in [0.1, 0.15) is 24.2 Å². The number of hydrogen-bond acceptors (Lipinski definition) is 5. The van der Waals surface area contributed by atoms with Gasteiger partial charge in [0.2, 0.25) is 5.91 Å². The number of nitrogens with zero attached hydrogens (tertiary/aromatic N) is 1. The molecule has 29 heavy (non-hydrogen) atoms. The van der Waals surface area contributed by atoms with E-state index in [0.29, 0.717) is 29.4 Å². The lowest BCUT2D eigenvalue weighted by molar-refractivity contribution is -0.120. The van der Waals surface area contributed by atoms with Gasteiger partial charge >= 0.3 is 0 Å². The van der Waals surface area contributed by atoms with Crippen molar-refractivity contribution in [2.75, 3.05) is 29.9 Å². The molecule has 2 amide bonds. The van der Waals surface area contributed by atoms with Crippen molar-refractivity contribution in [3.8, 4) is 0 Å². The summed E-state index contributed by atoms with van der Waals surface area (Å²) >= 11 is 6.35. The predicted molar refractivity (Wildman–Crippen MR) is 113 cm³/mol. The summed E-state index contributed by atoms with van der Waals surface area (Å²) in [7, 11) is -3.39. The number of piperazine rings is 1. The van der Waals surface area contributed by atoms with E-state index < -0.39 is 15.1 Å². The Bertz CT molecular complexity index is 1040. The maximum absolute atomic E-state index is 12.5. The molecule has 2 N–H and O–H groups in total. The molecule has 3 rings (SSSR count). The number of carbonyl (C=O) groups excluding carboxylic acids is 2. The summed E-state index contributed by atoms with van der Waals surface area (Å²) in [6, 6.07) is 10.9. The molecule has 1 aliphatic rings. The van der Waals surface area contributed by atoms with Gasteiger partial charge < -0.3 is 15.5 Å². The second kappa shape index (κ2) is 8.42. The van der Waals surface area contributed by atoms with E-state index in [0.717, 1.165) is 5.69 Å². The summed E-state index contributed by atoms with van der Waals surface area (Å²) in [5.41, 5.74) is 1.56. The topological polar surface area (TPSA) is 95.6 Å². The Balaban J connectivity index is 1.72. The van der Waals surface area contributed by atoms with Crippen LogP contribution in [0.2, 0.25) is 5.02 Å². The molecule has 0 aliphatic carbocycles. The average molecular weight is 436 g/mol. The monoisotopic (exact) mass is 435 g/mol. The third-order valence-corrected chi connectivity index (χ3v) is 7.12. The minimum atomic E-state index is -3.39. The minimum absolute atomic E-state index is 0.0624. The lowest BCUT2D eigenvalue weighted by atomic mass is 10.2. The Kier molecular flexibility index (Phi) is 6.14. The van der Waals surface area contributed by atoms with Crippen molar-refractivity contribution in [1.29, 1.82) is 0 Å². The molecule has 0 saturated carbocycles. The fourth-order valence-corrected chi connectivity index (χ4v) is 4.32. The fourth-order valence-electron chi connectivity index (χ4n) is 2.96. The first-order valence-electron chi connectivity index (χ1n) is 9.15. The Morgan fingerprint density at radius 1 is 1.17 bits per heavy atom. The van der Waals surface area contributed by atoms with Crippen molar-refractivity contribution in [3.05, 3.63) is 53.1 Å². The minimum Gasteiger partial charge on any atom is -0.359 e. The first-order valence-corrected chi connectivity index (χ1v) is 11.1. The third-order valence-electron chi connectivity index (χ3n) is 4.65. The number of halogens is 1. The summed E-state index contributed by atoms with van der Waals surface area (Å²) in [6.07, 6.45) is 0. The summed E-state index contributed by atoms with van der Waals surface area (Å²) in [5.74, 6) is -0.438. The van der Waals surface area contributed by atoms with Gasteiger partial charge in [-0.3, -0.25) is 9.59 Å². The van der Waals surface area contributed by atoms with E-state index in [2.05, 4.69) is 10.6 Å². The zero-order valence-corrected chi connectivity index (χ0v) is 17.7. The van der Waals surface area contributed by atoms with E-state index in [1.807, 2.05) is 4.90 Å². The first kappa shape index (κ1) is 21.1. The average Bonchev–Trinajstić information content (AvgIpc) is 2.68. The van der Waals surface area contributed by atoms with Gasteiger partial charge in [-0.2, -0.15) is 0 Å². The Morgan fingerprint density at radius 2 is 1.86 bits per heavy atom. The molecule has 0 aromatic heterocycles. The molecule has 1 aliphatic heterocycles. The van der Waals surface area contributed by atoms with Gasteiger partial charge in [-0.1, -0.05) is 11.6 Å². The number of carbonyl (C=O) groups is 2. The van der Waals surface area contributed by atoms with Crippen LogP contribution in [0.5, 0.6) is 0 Å². The van der Waals surface area contributed by atoms with E-state index in [9.17, 15) is 18.0 Å².